The molecule has 2 unspecified atom stereocenters. The second-order valence-electron chi connectivity index (χ2n) is 6.91. The SMILES string of the molecule is COCC1(C(=O)N2CCN(CC(C)O)C(C)C2)CCNCC1. The van der Waals surface area contributed by atoms with Crippen molar-refractivity contribution in [3.63, 3.8) is 0 Å². The van der Waals surface area contributed by atoms with E-state index in [0.717, 1.165) is 45.6 Å². The van der Waals surface area contributed by atoms with E-state index in [0.29, 0.717) is 13.2 Å². The molecular weight excluding hydrogens is 282 g/mol. The van der Waals surface area contributed by atoms with Crippen LogP contribution in [0.2, 0.25) is 0 Å². The topological polar surface area (TPSA) is 65.0 Å². The number of rotatable bonds is 5. The third kappa shape index (κ3) is 3.98. The fourth-order valence-corrected chi connectivity index (χ4v) is 3.73. The average molecular weight is 313 g/mol. The lowest BCUT2D eigenvalue weighted by molar-refractivity contribution is -0.150. The zero-order valence-electron chi connectivity index (χ0n) is 14.2. The van der Waals surface area contributed by atoms with Crippen molar-refractivity contribution in [2.24, 2.45) is 5.41 Å². The average Bonchev–Trinajstić information content (AvgIpc) is 2.49. The van der Waals surface area contributed by atoms with Crippen molar-refractivity contribution in [1.29, 1.82) is 0 Å². The quantitative estimate of drug-likeness (QED) is 0.743. The summed E-state index contributed by atoms with van der Waals surface area (Å²) in [7, 11) is 1.68. The minimum absolute atomic E-state index is 0.249. The van der Waals surface area contributed by atoms with Crippen LogP contribution >= 0.6 is 0 Å². The number of carbonyl (C=O) groups is 1. The summed E-state index contributed by atoms with van der Waals surface area (Å²) in [6.07, 6.45) is 1.37. The molecule has 128 valence electrons. The van der Waals surface area contributed by atoms with Gasteiger partial charge in [-0.25, -0.2) is 0 Å². The lowest BCUT2D eigenvalue weighted by atomic mass is 9.78. The van der Waals surface area contributed by atoms with Crippen molar-refractivity contribution >= 4 is 5.91 Å². The first-order chi connectivity index (χ1) is 10.5. The van der Waals surface area contributed by atoms with E-state index in [-0.39, 0.29) is 23.5 Å². The van der Waals surface area contributed by atoms with E-state index in [1.54, 1.807) is 7.11 Å². The largest absolute Gasteiger partial charge is 0.392 e. The van der Waals surface area contributed by atoms with Crippen molar-refractivity contribution in [2.75, 3.05) is 53.0 Å². The maximum atomic E-state index is 13.1. The van der Waals surface area contributed by atoms with Crippen LogP contribution < -0.4 is 5.32 Å². The molecule has 2 aliphatic rings. The molecule has 0 aromatic rings. The highest BCUT2D eigenvalue weighted by molar-refractivity contribution is 5.83. The van der Waals surface area contributed by atoms with Gasteiger partial charge in [-0.3, -0.25) is 9.69 Å². The number of carbonyl (C=O) groups excluding carboxylic acids is 1. The number of methoxy groups -OCH3 is 1. The van der Waals surface area contributed by atoms with Crippen LogP contribution in [0.15, 0.2) is 0 Å². The Hall–Kier alpha value is -0.690. The molecule has 2 saturated heterocycles. The molecule has 2 heterocycles. The summed E-state index contributed by atoms with van der Waals surface area (Å²) in [6, 6.07) is 0.286. The van der Waals surface area contributed by atoms with Gasteiger partial charge in [0.2, 0.25) is 5.91 Å². The van der Waals surface area contributed by atoms with E-state index in [1.807, 2.05) is 11.8 Å². The van der Waals surface area contributed by atoms with Gasteiger partial charge in [-0.15, -0.1) is 0 Å². The van der Waals surface area contributed by atoms with Crippen molar-refractivity contribution in [1.82, 2.24) is 15.1 Å². The number of nitrogens with zero attached hydrogens (tertiary/aromatic N) is 2. The van der Waals surface area contributed by atoms with Gasteiger partial charge in [-0.05, 0) is 39.8 Å². The van der Waals surface area contributed by atoms with Gasteiger partial charge in [0.05, 0.1) is 18.1 Å². The molecule has 2 aliphatic heterocycles. The maximum Gasteiger partial charge on any atom is 0.231 e. The Morgan fingerprint density at radius 1 is 1.41 bits per heavy atom. The predicted molar refractivity (Wildman–Crippen MR) is 85.7 cm³/mol. The number of hydrogen-bond donors (Lipinski definition) is 2. The number of aliphatic hydroxyl groups excluding tert-OH is 1. The van der Waals surface area contributed by atoms with E-state index in [2.05, 4.69) is 17.1 Å². The monoisotopic (exact) mass is 313 g/mol. The predicted octanol–water partition coefficient (Wildman–Crippen LogP) is -0.0839. The smallest absolute Gasteiger partial charge is 0.231 e. The lowest BCUT2D eigenvalue weighted by Gasteiger charge is -2.45. The fourth-order valence-electron chi connectivity index (χ4n) is 3.73. The first-order valence-electron chi connectivity index (χ1n) is 8.39. The molecule has 0 bridgehead atoms. The van der Waals surface area contributed by atoms with Crippen molar-refractivity contribution in [3.05, 3.63) is 0 Å². The van der Waals surface area contributed by atoms with Crippen molar-refractivity contribution in [2.45, 2.75) is 38.8 Å². The van der Waals surface area contributed by atoms with Gasteiger partial charge in [0.15, 0.2) is 0 Å². The van der Waals surface area contributed by atoms with E-state index in [4.69, 9.17) is 4.74 Å². The Labute approximate surface area is 133 Å². The highest BCUT2D eigenvalue weighted by atomic mass is 16.5. The van der Waals surface area contributed by atoms with E-state index in [9.17, 15) is 9.90 Å². The lowest BCUT2D eigenvalue weighted by Crippen LogP contribution is -2.59. The Bertz CT molecular complexity index is 364. The van der Waals surface area contributed by atoms with Gasteiger partial charge in [0.1, 0.15) is 0 Å². The normalized spacial score (nSPS) is 27.6. The molecule has 2 rings (SSSR count). The summed E-state index contributed by atoms with van der Waals surface area (Å²) < 4.78 is 5.38. The van der Waals surface area contributed by atoms with Gasteiger partial charge in [-0.2, -0.15) is 0 Å². The fraction of sp³-hybridized carbons (Fsp3) is 0.938. The molecule has 2 N–H and O–H groups in total. The van der Waals surface area contributed by atoms with Crippen molar-refractivity contribution < 1.29 is 14.6 Å². The molecule has 1 amide bonds. The highest BCUT2D eigenvalue weighted by Gasteiger charge is 2.43. The number of piperazine rings is 1. The highest BCUT2D eigenvalue weighted by Crippen LogP contribution is 2.32. The van der Waals surface area contributed by atoms with Gasteiger partial charge in [0, 0.05) is 39.3 Å². The summed E-state index contributed by atoms with van der Waals surface area (Å²) in [6.45, 7) is 9.21. The van der Waals surface area contributed by atoms with Gasteiger partial charge in [-0.1, -0.05) is 0 Å². The van der Waals surface area contributed by atoms with Crippen LogP contribution in [-0.2, 0) is 9.53 Å². The van der Waals surface area contributed by atoms with Crippen LogP contribution in [-0.4, -0.2) is 85.9 Å². The van der Waals surface area contributed by atoms with E-state index >= 15 is 0 Å². The third-order valence-electron chi connectivity index (χ3n) is 4.99. The number of piperidine rings is 1. The summed E-state index contributed by atoms with van der Waals surface area (Å²) in [5.41, 5.74) is -0.355. The summed E-state index contributed by atoms with van der Waals surface area (Å²) >= 11 is 0. The number of nitrogens with one attached hydrogen (secondary N) is 1. The van der Waals surface area contributed by atoms with Crippen LogP contribution in [0.25, 0.3) is 0 Å². The Kier molecular flexibility index (Phi) is 6.20. The van der Waals surface area contributed by atoms with Crippen LogP contribution in [0, 0.1) is 5.41 Å². The van der Waals surface area contributed by atoms with Crippen LogP contribution in [0.1, 0.15) is 26.7 Å². The summed E-state index contributed by atoms with van der Waals surface area (Å²) in [5, 5.41) is 12.9. The van der Waals surface area contributed by atoms with Crippen molar-refractivity contribution in [3.8, 4) is 0 Å². The molecule has 0 spiro atoms. The number of hydrogen-bond acceptors (Lipinski definition) is 5. The molecular formula is C16H31N3O3. The molecule has 0 aliphatic carbocycles. The molecule has 2 fully saturated rings. The van der Waals surface area contributed by atoms with E-state index < -0.39 is 0 Å². The molecule has 0 saturated carbocycles. The standard InChI is InChI=1S/C16H31N3O3/c1-13-10-19(9-8-18(13)11-14(2)20)15(21)16(12-22-3)4-6-17-7-5-16/h13-14,17,20H,4-12H2,1-3H3. The molecule has 2 atom stereocenters. The van der Waals surface area contributed by atoms with Gasteiger partial charge < -0.3 is 20.1 Å². The van der Waals surface area contributed by atoms with E-state index in [1.165, 1.54) is 0 Å². The maximum absolute atomic E-state index is 13.1. The first-order valence-corrected chi connectivity index (χ1v) is 8.39. The van der Waals surface area contributed by atoms with Crippen LogP contribution in [0.5, 0.6) is 0 Å². The number of aliphatic hydroxyl groups is 1. The van der Waals surface area contributed by atoms with Gasteiger partial charge >= 0.3 is 0 Å². The zero-order valence-corrected chi connectivity index (χ0v) is 14.2. The summed E-state index contributed by atoms with van der Waals surface area (Å²) in [5.74, 6) is 0.249. The zero-order chi connectivity index (χ0) is 16.2. The Morgan fingerprint density at radius 2 is 2.09 bits per heavy atom. The molecule has 0 aromatic carbocycles. The molecule has 0 aromatic heterocycles. The number of ether oxygens (including phenoxy) is 1. The molecule has 6 heteroatoms. The summed E-state index contributed by atoms with van der Waals surface area (Å²) in [4.78, 5) is 17.4. The van der Waals surface area contributed by atoms with Gasteiger partial charge in [0.25, 0.3) is 0 Å². The van der Waals surface area contributed by atoms with Crippen LogP contribution in [0.3, 0.4) is 0 Å². The second-order valence-corrected chi connectivity index (χ2v) is 6.91. The molecule has 6 nitrogen and oxygen atoms in total. The number of β-amino-alcohol motifs (C(OH)–C–C–N with tert-alkyl or cyclic N) is 1. The first kappa shape index (κ1) is 17.7. The minimum atomic E-state index is -0.355. The molecule has 0 radical (unpaired) electrons. The second kappa shape index (κ2) is 7.73. The minimum Gasteiger partial charge on any atom is -0.392 e. The number of amides is 1. The Morgan fingerprint density at radius 3 is 2.64 bits per heavy atom. The Balaban J connectivity index is 2.00. The van der Waals surface area contributed by atoms with Crippen LogP contribution in [0.4, 0.5) is 0 Å². The molecule has 22 heavy (non-hydrogen) atoms. The third-order valence-corrected chi connectivity index (χ3v) is 4.99.